The topological polar surface area (TPSA) is 0 Å². The molecule has 0 saturated heterocycles. The van der Waals surface area contributed by atoms with Crippen LogP contribution in [0, 0.1) is 0 Å². The van der Waals surface area contributed by atoms with Crippen LogP contribution in [0.25, 0.3) is 12.2 Å². The van der Waals surface area contributed by atoms with Crippen LogP contribution in [-0.2, 0) is 10.8 Å². The monoisotopic (exact) mass is 664 g/mol. The van der Waals surface area contributed by atoms with E-state index in [1.165, 1.54) is 66.8 Å². The van der Waals surface area contributed by atoms with Gasteiger partial charge in [-0.2, -0.15) is 0 Å². The van der Waals surface area contributed by atoms with Gasteiger partial charge >= 0.3 is 0 Å². The molecule has 0 fully saturated rings. The normalized spacial score (nSPS) is 18.3. The molecule has 3 aliphatic carbocycles. The second-order valence-electron chi connectivity index (χ2n) is 14.7. The number of allylic oxidation sites excluding steroid dienone is 2. The van der Waals surface area contributed by atoms with Crippen molar-refractivity contribution in [1.82, 2.24) is 0 Å². The molecule has 0 bridgehead atoms. The van der Waals surface area contributed by atoms with Crippen LogP contribution in [0.3, 0.4) is 0 Å². The fraction of sp³-hybridized carbons (Fsp3) is 0.115. The Hall–Kier alpha value is -5.98. The molecular formula is C52H40. The van der Waals surface area contributed by atoms with E-state index in [1.54, 1.807) is 0 Å². The summed E-state index contributed by atoms with van der Waals surface area (Å²) in [5, 5.41) is 0. The van der Waals surface area contributed by atoms with Crippen molar-refractivity contribution < 1.29 is 0 Å². The van der Waals surface area contributed by atoms with Gasteiger partial charge in [0.1, 0.15) is 0 Å². The highest BCUT2D eigenvalue weighted by Crippen LogP contribution is 2.61. The van der Waals surface area contributed by atoms with E-state index in [0.29, 0.717) is 11.8 Å². The first kappa shape index (κ1) is 30.8. The van der Waals surface area contributed by atoms with Crippen molar-refractivity contribution in [1.29, 1.82) is 0 Å². The molecular weight excluding hydrogens is 625 g/mol. The Balaban J connectivity index is 1.27. The molecule has 0 spiro atoms. The van der Waals surface area contributed by atoms with Gasteiger partial charge in [-0.05, 0) is 85.7 Å². The largest absolute Gasteiger partial charge is 0.0764 e. The fourth-order valence-electron chi connectivity index (χ4n) is 9.99. The van der Waals surface area contributed by atoms with Gasteiger partial charge < -0.3 is 0 Å². The van der Waals surface area contributed by atoms with Gasteiger partial charge in [0.15, 0.2) is 0 Å². The molecule has 0 heterocycles. The van der Waals surface area contributed by atoms with Gasteiger partial charge in [-0.15, -0.1) is 0 Å². The minimum atomic E-state index is -0.531. The van der Waals surface area contributed by atoms with Crippen molar-refractivity contribution in [2.45, 2.75) is 35.5 Å². The van der Waals surface area contributed by atoms with Crippen LogP contribution in [0.5, 0.6) is 0 Å². The van der Waals surface area contributed by atoms with Crippen molar-refractivity contribution in [2.75, 3.05) is 0 Å². The molecule has 0 nitrogen and oxygen atoms in total. The molecule has 7 aromatic rings. The summed E-state index contributed by atoms with van der Waals surface area (Å²) >= 11 is 0. The van der Waals surface area contributed by atoms with Crippen molar-refractivity contribution in [3.05, 3.63) is 261 Å². The Morgan fingerprint density at radius 1 is 0.327 bits per heavy atom. The lowest BCUT2D eigenvalue weighted by Gasteiger charge is -2.51. The van der Waals surface area contributed by atoms with Gasteiger partial charge in [-0.25, -0.2) is 0 Å². The highest BCUT2D eigenvalue weighted by atomic mass is 14.5. The maximum atomic E-state index is 2.63. The van der Waals surface area contributed by atoms with Crippen molar-refractivity contribution >= 4 is 12.2 Å². The average Bonchev–Trinajstić information content (AvgIpc) is 3.83. The van der Waals surface area contributed by atoms with Gasteiger partial charge in [-0.1, -0.05) is 200 Å². The van der Waals surface area contributed by atoms with Crippen LogP contribution in [0.15, 0.2) is 194 Å². The maximum Gasteiger partial charge on any atom is 0.0708 e. The zero-order valence-corrected chi connectivity index (χ0v) is 29.2. The van der Waals surface area contributed by atoms with E-state index >= 15 is 0 Å². The molecule has 0 heteroatoms. The quantitative estimate of drug-likeness (QED) is 0.159. The first-order valence-corrected chi connectivity index (χ1v) is 18.8. The van der Waals surface area contributed by atoms with E-state index in [4.69, 9.17) is 0 Å². The summed E-state index contributed by atoms with van der Waals surface area (Å²) in [7, 11) is 0. The van der Waals surface area contributed by atoms with E-state index in [-0.39, 0.29) is 0 Å². The van der Waals surface area contributed by atoms with E-state index in [1.807, 2.05) is 0 Å². The van der Waals surface area contributed by atoms with Gasteiger partial charge in [0.2, 0.25) is 0 Å². The zero-order valence-electron chi connectivity index (χ0n) is 29.2. The summed E-state index contributed by atoms with van der Waals surface area (Å²) in [6.07, 6.45) is 11.8. The third-order valence-electron chi connectivity index (χ3n) is 12.2. The van der Waals surface area contributed by atoms with Crippen LogP contribution in [0.1, 0.15) is 91.4 Å². The third-order valence-corrected chi connectivity index (χ3v) is 12.2. The Morgan fingerprint density at radius 2 is 0.712 bits per heavy atom. The summed E-state index contributed by atoms with van der Waals surface area (Å²) in [6, 6.07) is 68.4. The lowest BCUT2D eigenvalue weighted by atomic mass is 9.50. The minimum absolute atomic E-state index is 0.353. The van der Waals surface area contributed by atoms with Crippen molar-refractivity contribution in [3.63, 3.8) is 0 Å². The molecule has 0 radical (unpaired) electrons. The summed E-state index contributed by atoms with van der Waals surface area (Å²) in [5.74, 6) is 0.820. The number of hydrogen-bond acceptors (Lipinski definition) is 0. The summed E-state index contributed by atoms with van der Waals surface area (Å²) in [5.41, 5.74) is 15.1. The van der Waals surface area contributed by atoms with Gasteiger partial charge in [0, 0.05) is 11.8 Å². The Kier molecular flexibility index (Phi) is 7.32. The molecule has 2 unspecified atom stereocenters. The predicted octanol–water partition coefficient (Wildman–Crippen LogP) is 12.5. The molecule has 52 heavy (non-hydrogen) atoms. The Morgan fingerprint density at radius 3 is 1.21 bits per heavy atom. The highest BCUT2D eigenvalue weighted by molar-refractivity contribution is 5.79. The van der Waals surface area contributed by atoms with Crippen molar-refractivity contribution in [2.24, 2.45) is 0 Å². The van der Waals surface area contributed by atoms with Crippen LogP contribution < -0.4 is 0 Å². The number of fused-ring (bicyclic) bond motifs is 4. The number of hydrogen-bond donors (Lipinski definition) is 0. The highest BCUT2D eigenvalue weighted by Gasteiger charge is 2.54. The molecule has 0 aliphatic heterocycles. The standard InChI is InChI=1S/C52H40/c1-5-18-41(19-6-1)51(42-20-7-2-8-21-42)47-27-15-16-28-48(47)52(43-22-9-3-10-23-43,44-24-11-4-12-25-44)50-36-46-39(33-34-40(46)35-49(50)51)32-31-38-30-29-37-17-13-14-26-45(37)38/h1-30,33-36,38-39H,31-32H2. The summed E-state index contributed by atoms with van der Waals surface area (Å²) in [4.78, 5) is 0. The fourth-order valence-corrected chi connectivity index (χ4v) is 9.99. The first-order chi connectivity index (χ1) is 25.8. The number of rotatable bonds is 7. The average molecular weight is 665 g/mol. The number of benzene rings is 7. The second-order valence-corrected chi connectivity index (χ2v) is 14.7. The van der Waals surface area contributed by atoms with E-state index in [2.05, 4.69) is 206 Å². The molecule has 248 valence electrons. The molecule has 0 amide bonds. The van der Waals surface area contributed by atoms with Gasteiger partial charge in [0.05, 0.1) is 10.8 Å². The van der Waals surface area contributed by atoms with E-state index in [0.717, 1.165) is 12.8 Å². The smallest absolute Gasteiger partial charge is 0.0708 e. The molecule has 0 N–H and O–H groups in total. The molecule has 7 aromatic carbocycles. The molecule has 0 aromatic heterocycles. The van der Waals surface area contributed by atoms with Gasteiger partial charge in [0.25, 0.3) is 0 Å². The van der Waals surface area contributed by atoms with Crippen LogP contribution in [0.4, 0.5) is 0 Å². The van der Waals surface area contributed by atoms with Crippen molar-refractivity contribution in [3.8, 4) is 0 Å². The SMILES string of the molecule is C1=CC(CCC2C=Cc3cc4c(cc32)C(c2ccccc2)(c2ccccc2)c2ccccc2C4(c2ccccc2)c2ccccc2)c2ccccc21. The Labute approximate surface area is 307 Å². The van der Waals surface area contributed by atoms with Crippen LogP contribution in [0.2, 0.25) is 0 Å². The molecule has 2 atom stereocenters. The molecule has 0 saturated carbocycles. The first-order valence-electron chi connectivity index (χ1n) is 18.8. The predicted molar refractivity (Wildman–Crippen MR) is 216 cm³/mol. The zero-order chi connectivity index (χ0) is 34.5. The van der Waals surface area contributed by atoms with Crippen LogP contribution in [-0.4, -0.2) is 0 Å². The van der Waals surface area contributed by atoms with Crippen LogP contribution >= 0.6 is 0 Å². The third kappa shape index (κ3) is 4.47. The maximum absolute atomic E-state index is 2.63. The second kappa shape index (κ2) is 12.4. The van der Waals surface area contributed by atoms with E-state index in [9.17, 15) is 0 Å². The molecule has 3 aliphatic rings. The van der Waals surface area contributed by atoms with Gasteiger partial charge in [-0.3, -0.25) is 0 Å². The summed E-state index contributed by atoms with van der Waals surface area (Å²) in [6.45, 7) is 0. The Bertz CT molecular complexity index is 2370. The molecule has 10 rings (SSSR count). The minimum Gasteiger partial charge on any atom is -0.0764 e. The lowest BCUT2D eigenvalue weighted by Crippen LogP contribution is -2.45. The van der Waals surface area contributed by atoms with E-state index < -0.39 is 10.8 Å². The lowest BCUT2D eigenvalue weighted by molar-refractivity contribution is 0.608. The summed E-state index contributed by atoms with van der Waals surface area (Å²) < 4.78 is 0.